The lowest BCUT2D eigenvalue weighted by atomic mass is 10.2. The molecular formula is C11H14FNO3. The van der Waals surface area contributed by atoms with Gasteiger partial charge in [0, 0.05) is 13.7 Å². The van der Waals surface area contributed by atoms with Crippen LogP contribution in [0.3, 0.4) is 0 Å². The van der Waals surface area contributed by atoms with E-state index in [1.165, 1.54) is 19.2 Å². The third kappa shape index (κ3) is 3.96. The van der Waals surface area contributed by atoms with E-state index < -0.39 is 12.0 Å². The van der Waals surface area contributed by atoms with E-state index in [9.17, 15) is 9.18 Å². The summed E-state index contributed by atoms with van der Waals surface area (Å²) in [6.07, 6.45) is 0. The maximum atomic E-state index is 12.6. The van der Waals surface area contributed by atoms with Crippen LogP contribution >= 0.6 is 0 Å². The first-order valence-electron chi connectivity index (χ1n) is 4.83. The van der Waals surface area contributed by atoms with Crippen molar-refractivity contribution in [1.82, 2.24) is 5.32 Å². The number of carboxylic acid groups (broad SMARTS) is 1. The number of carboxylic acids is 1. The molecule has 0 bridgehead atoms. The van der Waals surface area contributed by atoms with Gasteiger partial charge in [0.05, 0.1) is 6.61 Å². The molecule has 0 amide bonds. The Bertz CT molecular complexity index is 340. The van der Waals surface area contributed by atoms with Gasteiger partial charge in [-0.2, -0.15) is 0 Å². The number of carbonyl (C=O) groups is 1. The molecule has 0 aliphatic carbocycles. The van der Waals surface area contributed by atoms with Crippen LogP contribution in [-0.2, 0) is 16.1 Å². The zero-order chi connectivity index (χ0) is 12.0. The molecule has 0 aromatic heterocycles. The molecule has 2 N–H and O–H groups in total. The zero-order valence-corrected chi connectivity index (χ0v) is 8.94. The second-order valence-corrected chi connectivity index (χ2v) is 3.35. The van der Waals surface area contributed by atoms with Gasteiger partial charge in [-0.15, -0.1) is 0 Å². The minimum Gasteiger partial charge on any atom is -0.480 e. The lowest BCUT2D eigenvalue weighted by molar-refractivity contribution is -0.140. The topological polar surface area (TPSA) is 58.6 Å². The molecule has 0 saturated carbocycles. The molecular weight excluding hydrogens is 213 g/mol. The summed E-state index contributed by atoms with van der Waals surface area (Å²) in [4.78, 5) is 10.8. The van der Waals surface area contributed by atoms with Gasteiger partial charge in [-0.25, -0.2) is 4.39 Å². The highest BCUT2D eigenvalue weighted by molar-refractivity contribution is 5.73. The molecule has 0 heterocycles. The Labute approximate surface area is 93.0 Å². The summed E-state index contributed by atoms with van der Waals surface area (Å²) in [5.41, 5.74) is 0.823. The van der Waals surface area contributed by atoms with Crippen molar-refractivity contribution >= 4 is 5.97 Å². The van der Waals surface area contributed by atoms with Crippen LogP contribution in [0.15, 0.2) is 24.3 Å². The number of benzene rings is 1. The van der Waals surface area contributed by atoms with E-state index in [0.29, 0.717) is 6.54 Å². The monoisotopic (exact) mass is 227 g/mol. The number of hydrogen-bond donors (Lipinski definition) is 2. The maximum absolute atomic E-state index is 12.6. The van der Waals surface area contributed by atoms with E-state index in [-0.39, 0.29) is 12.4 Å². The predicted molar refractivity (Wildman–Crippen MR) is 56.5 cm³/mol. The fraction of sp³-hybridized carbons (Fsp3) is 0.364. The van der Waals surface area contributed by atoms with E-state index in [0.717, 1.165) is 5.56 Å². The summed E-state index contributed by atoms with van der Waals surface area (Å²) >= 11 is 0. The highest BCUT2D eigenvalue weighted by Gasteiger charge is 2.15. The molecule has 0 aliphatic rings. The molecule has 0 saturated heterocycles. The SMILES string of the molecule is COCC(NCc1ccc(F)cc1)C(=O)O. The van der Waals surface area contributed by atoms with Crippen LogP contribution < -0.4 is 5.32 Å². The summed E-state index contributed by atoms with van der Waals surface area (Å²) < 4.78 is 17.4. The normalized spacial score (nSPS) is 12.4. The van der Waals surface area contributed by atoms with Gasteiger partial charge in [-0.3, -0.25) is 10.1 Å². The Hall–Kier alpha value is -1.46. The third-order valence-electron chi connectivity index (χ3n) is 2.10. The van der Waals surface area contributed by atoms with Gasteiger partial charge in [0.25, 0.3) is 0 Å². The summed E-state index contributed by atoms with van der Waals surface area (Å²) in [5, 5.41) is 11.6. The molecule has 0 fully saturated rings. The Kier molecular flexibility index (Phi) is 4.88. The van der Waals surface area contributed by atoms with Crippen molar-refractivity contribution in [2.75, 3.05) is 13.7 Å². The largest absolute Gasteiger partial charge is 0.480 e. The lowest BCUT2D eigenvalue weighted by Crippen LogP contribution is -2.39. The summed E-state index contributed by atoms with van der Waals surface area (Å²) in [6.45, 7) is 0.455. The third-order valence-corrected chi connectivity index (χ3v) is 2.10. The fourth-order valence-corrected chi connectivity index (χ4v) is 1.23. The molecule has 1 unspecified atom stereocenters. The van der Waals surface area contributed by atoms with Crippen LogP contribution in [-0.4, -0.2) is 30.8 Å². The van der Waals surface area contributed by atoms with Gasteiger partial charge in [0.1, 0.15) is 11.9 Å². The quantitative estimate of drug-likeness (QED) is 0.761. The van der Waals surface area contributed by atoms with Crippen molar-refractivity contribution in [3.8, 4) is 0 Å². The van der Waals surface area contributed by atoms with Gasteiger partial charge in [-0.1, -0.05) is 12.1 Å². The van der Waals surface area contributed by atoms with Crippen LogP contribution in [0.5, 0.6) is 0 Å². The molecule has 4 nitrogen and oxygen atoms in total. The standard InChI is InChI=1S/C11H14FNO3/c1-16-7-10(11(14)15)13-6-8-2-4-9(12)5-3-8/h2-5,10,13H,6-7H2,1H3,(H,14,15). The van der Waals surface area contributed by atoms with E-state index in [1.54, 1.807) is 12.1 Å². The highest BCUT2D eigenvalue weighted by atomic mass is 19.1. The minimum atomic E-state index is -0.969. The lowest BCUT2D eigenvalue weighted by Gasteiger charge is -2.13. The van der Waals surface area contributed by atoms with Crippen LogP contribution in [0.25, 0.3) is 0 Å². The van der Waals surface area contributed by atoms with Gasteiger partial charge in [-0.05, 0) is 17.7 Å². The highest BCUT2D eigenvalue weighted by Crippen LogP contribution is 2.02. The molecule has 1 aromatic rings. The summed E-state index contributed by atoms with van der Waals surface area (Å²) in [7, 11) is 1.44. The molecule has 1 rings (SSSR count). The smallest absolute Gasteiger partial charge is 0.323 e. The number of hydrogen-bond acceptors (Lipinski definition) is 3. The first-order chi connectivity index (χ1) is 7.63. The molecule has 1 atom stereocenters. The number of nitrogens with one attached hydrogen (secondary N) is 1. The number of ether oxygens (including phenoxy) is 1. The molecule has 0 spiro atoms. The Morgan fingerprint density at radius 2 is 2.12 bits per heavy atom. The van der Waals surface area contributed by atoms with E-state index in [2.05, 4.69) is 5.32 Å². The van der Waals surface area contributed by atoms with Crippen LogP contribution in [0, 0.1) is 5.82 Å². The Morgan fingerprint density at radius 3 is 2.62 bits per heavy atom. The average molecular weight is 227 g/mol. The first-order valence-corrected chi connectivity index (χ1v) is 4.83. The van der Waals surface area contributed by atoms with Crippen LogP contribution in [0.1, 0.15) is 5.56 Å². The number of halogens is 1. The summed E-state index contributed by atoms with van der Waals surface area (Å²) in [5.74, 6) is -1.28. The second kappa shape index (κ2) is 6.19. The Morgan fingerprint density at radius 1 is 1.50 bits per heavy atom. The van der Waals surface area contributed by atoms with E-state index >= 15 is 0 Å². The first kappa shape index (κ1) is 12.6. The van der Waals surface area contributed by atoms with Crippen molar-refractivity contribution in [3.05, 3.63) is 35.6 Å². The van der Waals surface area contributed by atoms with Crippen molar-refractivity contribution < 1.29 is 19.0 Å². The molecule has 5 heteroatoms. The maximum Gasteiger partial charge on any atom is 0.323 e. The molecule has 0 aliphatic heterocycles. The molecule has 0 radical (unpaired) electrons. The van der Waals surface area contributed by atoms with Gasteiger partial charge in [0.15, 0.2) is 0 Å². The predicted octanol–water partition coefficient (Wildman–Crippen LogP) is 1.01. The van der Waals surface area contributed by atoms with Crippen molar-refractivity contribution in [3.63, 3.8) is 0 Å². The zero-order valence-electron chi connectivity index (χ0n) is 8.94. The van der Waals surface area contributed by atoms with Crippen molar-refractivity contribution in [1.29, 1.82) is 0 Å². The van der Waals surface area contributed by atoms with Gasteiger partial charge in [0.2, 0.25) is 0 Å². The average Bonchev–Trinajstić information content (AvgIpc) is 2.26. The van der Waals surface area contributed by atoms with E-state index in [1.807, 2.05) is 0 Å². The van der Waals surface area contributed by atoms with Crippen molar-refractivity contribution in [2.45, 2.75) is 12.6 Å². The fourth-order valence-electron chi connectivity index (χ4n) is 1.23. The van der Waals surface area contributed by atoms with Gasteiger partial charge < -0.3 is 9.84 Å². The molecule has 16 heavy (non-hydrogen) atoms. The molecule has 88 valence electrons. The number of aliphatic carboxylic acids is 1. The van der Waals surface area contributed by atoms with Crippen LogP contribution in [0.2, 0.25) is 0 Å². The number of rotatable bonds is 6. The van der Waals surface area contributed by atoms with Crippen LogP contribution in [0.4, 0.5) is 4.39 Å². The van der Waals surface area contributed by atoms with Gasteiger partial charge >= 0.3 is 5.97 Å². The number of methoxy groups -OCH3 is 1. The Balaban J connectivity index is 2.48. The van der Waals surface area contributed by atoms with E-state index in [4.69, 9.17) is 9.84 Å². The van der Waals surface area contributed by atoms with Crippen molar-refractivity contribution in [2.24, 2.45) is 0 Å². The molecule has 1 aromatic carbocycles. The second-order valence-electron chi connectivity index (χ2n) is 3.35. The summed E-state index contributed by atoms with van der Waals surface area (Å²) in [6, 6.07) is 5.13. The minimum absolute atomic E-state index is 0.0938.